The summed E-state index contributed by atoms with van der Waals surface area (Å²) in [7, 11) is -3.81. The Hall–Kier alpha value is -1.63. The molecule has 5 nitrogen and oxygen atoms in total. The lowest BCUT2D eigenvalue weighted by molar-refractivity contribution is -0.147. The zero-order chi connectivity index (χ0) is 14.4. The average Bonchev–Trinajstić information content (AvgIpc) is 2.18. The van der Waals surface area contributed by atoms with Crippen LogP contribution in [0.3, 0.4) is 0 Å². The van der Waals surface area contributed by atoms with Gasteiger partial charge in [-0.05, 0) is 18.9 Å². The van der Waals surface area contributed by atoms with E-state index in [4.69, 9.17) is 0 Å². The summed E-state index contributed by atoms with van der Waals surface area (Å²) in [5, 5.41) is 19.1. The number of sulfone groups is 1. The van der Waals surface area contributed by atoms with Crippen LogP contribution in [-0.2, 0) is 20.0 Å². The van der Waals surface area contributed by atoms with Gasteiger partial charge in [0.25, 0.3) is 0 Å². The summed E-state index contributed by atoms with van der Waals surface area (Å²) in [6.07, 6.45) is 2.09. The van der Waals surface area contributed by atoms with E-state index in [1.807, 2.05) is 0 Å². The second kappa shape index (κ2) is 4.19. The third kappa shape index (κ3) is 2.07. The van der Waals surface area contributed by atoms with Gasteiger partial charge in [-0.25, -0.2) is 12.8 Å². The molecular weight excluding hydrogens is 275 g/mol. The highest BCUT2D eigenvalue weighted by atomic mass is 32.2. The fourth-order valence-corrected chi connectivity index (χ4v) is 3.08. The van der Waals surface area contributed by atoms with Crippen molar-refractivity contribution in [2.75, 3.05) is 6.26 Å². The molecule has 0 atom stereocenters. The number of phenols is 1. The van der Waals surface area contributed by atoms with Gasteiger partial charge in [0.15, 0.2) is 9.84 Å². The lowest BCUT2D eigenvalue weighted by atomic mass is 9.64. The number of hydrogen-bond acceptors (Lipinski definition) is 4. The highest BCUT2D eigenvalue weighted by Crippen LogP contribution is 2.47. The molecule has 0 aromatic heterocycles. The summed E-state index contributed by atoms with van der Waals surface area (Å²) in [5.74, 6) is -2.67. The van der Waals surface area contributed by atoms with Gasteiger partial charge in [0, 0.05) is 17.9 Å². The standard InChI is InChI=1S/C12H13FO5S/c1-19(17,18)10-6-9(14)7(5-8(10)13)12(11(15)16)3-2-4-12/h5-6,14H,2-4H2,1H3,(H,15,16). The summed E-state index contributed by atoms with van der Waals surface area (Å²) in [6, 6.07) is 1.60. The first-order chi connectivity index (χ1) is 8.68. The zero-order valence-corrected chi connectivity index (χ0v) is 11.0. The van der Waals surface area contributed by atoms with Crippen LogP contribution in [0.25, 0.3) is 0 Å². The van der Waals surface area contributed by atoms with Gasteiger partial charge in [0.2, 0.25) is 0 Å². The largest absolute Gasteiger partial charge is 0.508 e. The molecule has 1 fully saturated rings. The van der Waals surface area contributed by atoms with E-state index in [2.05, 4.69) is 0 Å². The molecule has 104 valence electrons. The van der Waals surface area contributed by atoms with Gasteiger partial charge in [-0.1, -0.05) is 6.42 Å². The number of carboxylic acid groups (broad SMARTS) is 1. The van der Waals surface area contributed by atoms with Gasteiger partial charge in [-0.15, -0.1) is 0 Å². The number of aromatic hydroxyl groups is 1. The van der Waals surface area contributed by atoms with Crippen molar-refractivity contribution < 1.29 is 27.8 Å². The molecule has 2 N–H and O–H groups in total. The van der Waals surface area contributed by atoms with Gasteiger partial charge in [-0.3, -0.25) is 4.79 Å². The van der Waals surface area contributed by atoms with Crippen molar-refractivity contribution in [2.24, 2.45) is 0 Å². The molecule has 0 amide bonds. The molecule has 1 saturated carbocycles. The Bertz CT molecular complexity index is 646. The minimum absolute atomic E-state index is 0.0591. The smallest absolute Gasteiger partial charge is 0.314 e. The molecule has 19 heavy (non-hydrogen) atoms. The predicted molar refractivity (Wildman–Crippen MR) is 64.3 cm³/mol. The molecule has 0 aliphatic heterocycles. The summed E-state index contributed by atoms with van der Waals surface area (Å²) < 4.78 is 36.4. The molecule has 0 unspecified atom stereocenters. The molecule has 1 aromatic carbocycles. The third-order valence-corrected chi connectivity index (χ3v) is 4.69. The Morgan fingerprint density at radius 3 is 2.32 bits per heavy atom. The second-order valence-corrected chi connectivity index (χ2v) is 6.80. The first-order valence-corrected chi connectivity index (χ1v) is 7.54. The van der Waals surface area contributed by atoms with E-state index in [-0.39, 0.29) is 5.56 Å². The maximum atomic E-state index is 13.8. The van der Waals surface area contributed by atoms with E-state index < -0.39 is 37.7 Å². The molecule has 0 spiro atoms. The molecule has 1 aromatic rings. The van der Waals surface area contributed by atoms with Crippen molar-refractivity contribution in [3.63, 3.8) is 0 Å². The number of rotatable bonds is 3. The normalized spacial score (nSPS) is 17.8. The van der Waals surface area contributed by atoms with Gasteiger partial charge < -0.3 is 10.2 Å². The van der Waals surface area contributed by atoms with Gasteiger partial charge in [0.05, 0.1) is 5.41 Å². The fraction of sp³-hybridized carbons (Fsp3) is 0.417. The van der Waals surface area contributed by atoms with Crippen LogP contribution in [0.15, 0.2) is 17.0 Å². The summed E-state index contributed by atoms with van der Waals surface area (Å²) in [4.78, 5) is 10.7. The first kappa shape index (κ1) is 13.8. The van der Waals surface area contributed by atoms with E-state index in [9.17, 15) is 27.8 Å². The summed E-state index contributed by atoms with van der Waals surface area (Å²) >= 11 is 0. The van der Waals surface area contributed by atoms with Crippen LogP contribution in [0.5, 0.6) is 5.75 Å². The molecule has 1 aliphatic carbocycles. The van der Waals surface area contributed by atoms with Gasteiger partial charge in [-0.2, -0.15) is 0 Å². The number of aliphatic carboxylic acids is 1. The molecule has 0 radical (unpaired) electrons. The SMILES string of the molecule is CS(=O)(=O)c1cc(O)c(C2(C(=O)O)CCC2)cc1F. The van der Waals surface area contributed by atoms with Crippen LogP contribution in [-0.4, -0.2) is 30.9 Å². The van der Waals surface area contributed by atoms with Crippen LogP contribution < -0.4 is 0 Å². The van der Waals surface area contributed by atoms with Gasteiger partial charge >= 0.3 is 5.97 Å². The predicted octanol–water partition coefficient (Wildman–Crippen LogP) is 1.44. The number of halogens is 1. The highest BCUT2D eigenvalue weighted by molar-refractivity contribution is 7.90. The Balaban J connectivity index is 2.62. The van der Waals surface area contributed by atoms with E-state index >= 15 is 0 Å². The third-order valence-electron chi connectivity index (χ3n) is 3.58. The van der Waals surface area contributed by atoms with E-state index in [1.54, 1.807) is 0 Å². The Morgan fingerprint density at radius 1 is 1.37 bits per heavy atom. The lowest BCUT2D eigenvalue weighted by Gasteiger charge is -2.38. The van der Waals surface area contributed by atoms with Crippen molar-refractivity contribution in [3.05, 3.63) is 23.5 Å². The summed E-state index contributed by atoms with van der Waals surface area (Å²) in [6.45, 7) is 0. The van der Waals surface area contributed by atoms with Gasteiger partial charge in [0.1, 0.15) is 16.5 Å². The quantitative estimate of drug-likeness (QED) is 0.878. The van der Waals surface area contributed by atoms with Crippen LogP contribution in [0.4, 0.5) is 4.39 Å². The number of phenolic OH excluding ortho intramolecular Hbond substituents is 1. The minimum atomic E-state index is -3.81. The van der Waals surface area contributed by atoms with Crippen LogP contribution in [0.2, 0.25) is 0 Å². The van der Waals surface area contributed by atoms with Crippen LogP contribution in [0.1, 0.15) is 24.8 Å². The zero-order valence-electron chi connectivity index (χ0n) is 10.2. The topological polar surface area (TPSA) is 91.7 Å². The number of carboxylic acids is 1. The van der Waals surface area contributed by atoms with Crippen molar-refractivity contribution in [1.29, 1.82) is 0 Å². The Labute approximate surface area is 109 Å². The van der Waals surface area contributed by atoms with Crippen molar-refractivity contribution >= 4 is 15.8 Å². The van der Waals surface area contributed by atoms with Crippen molar-refractivity contribution in [3.8, 4) is 5.75 Å². The van der Waals surface area contributed by atoms with E-state index in [1.165, 1.54) is 0 Å². The van der Waals surface area contributed by atoms with E-state index in [0.717, 1.165) is 18.4 Å². The fourth-order valence-electron chi connectivity index (χ4n) is 2.34. The molecule has 2 rings (SSSR count). The summed E-state index contributed by atoms with van der Waals surface area (Å²) in [5.41, 5.74) is -1.36. The Kier molecular flexibility index (Phi) is 3.04. The van der Waals surface area contributed by atoms with Crippen molar-refractivity contribution in [1.82, 2.24) is 0 Å². The Morgan fingerprint density at radius 2 is 1.95 bits per heavy atom. The molecule has 0 saturated heterocycles. The molecule has 1 aliphatic rings. The number of hydrogen-bond donors (Lipinski definition) is 2. The molecule has 0 bridgehead atoms. The maximum Gasteiger partial charge on any atom is 0.314 e. The number of benzene rings is 1. The highest BCUT2D eigenvalue weighted by Gasteiger charge is 2.48. The second-order valence-electron chi connectivity index (χ2n) is 4.81. The first-order valence-electron chi connectivity index (χ1n) is 5.65. The minimum Gasteiger partial charge on any atom is -0.508 e. The molecule has 0 heterocycles. The van der Waals surface area contributed by atoms with Crippen LogP contribution >= 0.6 is 0 Å². The molecular formula is C12H13FO5S. The molecule has 7 heteroatoms. The van der Waals surface area contributed by atoms with E-state index in [0.29, 0.717) is 19.3 Å². The average molecular weight is 288 g/mol. The number of carbonyl (C=O) groups is 1. The maximum absolute atomic E-state index is 13.8. The van der Waals surface area contributed by atoms with Crippen molar-refractivity contribution in [2.45, 2.75) is 29.6 Å². The monoisotopic (exact) mass is 288 g/mol. The lowest BCUT2D eigenvalue weighted by Crippen LogP contribution is -2.42. The van der Waals surface area contributed by atoms with Crippen LogP contribution in [0, 0.1) is 5.82 Å².